The van der Waals surface area contributed by atoms with Gasteiger partial charge in [0.15, 0.2) is 0 Å². The Kier molecular flexibility index (Phi) is 5.95. The largest absolute Gasteiger partial charge is 0.491 e. The van der Waals surface area contributed by atoms with E-state index in [1.54, 1.807) is 11.0 Å². The molecule has 0 radical (unpaired) electrons. The Morgan fingerprint density at radius 2 is 2.00 bits per heavy atom. The maximum absolute atomic E-state index is 11.9. The topological polar surface area (TPSA) is 69.0 Å². The van der Waals surface area contributed by atoms with Gasteiger partial charge in [0.2, 0.25) is 5.91 Å². The highest BCUT2D eigenvalue weighted by atomic mass is 16.5. The molecule has 1 aromatic carbocycles. The summed E-state index contributed by atoms with van der Waals surface area (Å²) in [6, 6.07) is 8.04. The monoisotopic (exact) mass is 330 g/mol. The molecule has 2 aromatic rings. The number of amides is 1. The number of hydrogen-bond acceptors (Lipinski definition) is 4. The molecule has 6 heteroatoms. The SMILES string of the molecule is C[C@@H](COc1ccc(C(C)(C)C)cc1)NC(=O)CCn1cncn1. The molecule has 1 atom stereocenters. The fourth-order valence-corrected chi connectivity index (χ4v) is 2.23. The van der Waals surface area contributed by atoms with E-state index in [1.807, 2.05) is 19.1 Å². The van der Waals surface area contributed by atoms with Crippen LogP contribution in [0.25, 0.3) is 0 Å². The van der Waals surface area contributed by atoms with Crippen LogP contribution in [0.3, 0.4) is 0 Å². The van der Waals surface area contributed by atoms with E-state index in [0.29, 0.717) is 19.6 Å². The van der Waals surface area contributed by atoms with E-state index in [4.69, 9.17) is 4.74 Å². The number of nitrogens with zero attached hydrogens (tertiary/aromatic N) is 3. The minimum Gasteiger partial charge on any atom is -0.491 e. The third-order valence-corrected chi connectivity index (χ3v) is 3.66. The summed E-state index contributed by atoms with van der Waals surface area (Å²) in [5, 5.41) is 6.89. The van der Waals surface area contributed by atoms with Gasteiger partial charge in [-0.1, -0.05) is 32.9 Å². The number of aryl methyl sites for hydroxylation is 1. The fraction of sp³-hybridized carbons (Fsp3) is 0.500. The predicted octanol–water partition coefficient (Wildman–Crippen LogP) is 2.55. The van der Waals surface area contributed by atoms with Crippen LogP contribution in [0.1, 0.15) is 39.7 Å². The average molecular weight is 330 g/mol. The first-order chi connectivity index (χ1) is 11.3. The maximum atomic E-state index is 11.9. The van der Waals surface area contributed by atoms with E-state index in [0.717, 1.165) is 5.75 Å². The lowest BCUT2D eigenvalue weighted by Gasteiger charge is -2.20. The Morgan fingerprint density at radius 3 is 2.58 bits per heavy atom. The number of benzene rings is 1. The smallest absolute Gasteiger partial charge is 0.222 e. The fourth-order valence-electron chi connectivity index (χ4n) is 2.23. The van der Waals surface area contributed by atoms with Crippen LogP contribution in [0.2, 0.25) is 0 Å². The van der Waals surface area contributed by atoms with E-state index in [1.165, 1.54) is 11.9 Å². The van der Waals surface area contributed by atoms with Gasteiger partial charge in [0.1, 0.15) is 25.0 Å². The van der Waals surface area contributed by atoms with Gasteiger partial charge < -0.3 is 10.1 Å². The Labute approximate surface area is 143 Å². The lowest BCUT2D eigenvalue weighted by molar-refractivity contribution is -0.122. The Bertz CT molecular complexity index is 630. The van der Waals surface area contributed by atoms with Crippen molar-refractivity contribution in [1.29, 1.82) is 0 Å². The van der Waals surface area contributed by atoms with Crippen LogP contribution < -0.4 is 10.1 Å². The Morgan fingerprint density at radius 1 is 1.29 bits per heavy atom. The van der Waals surface area contributed by atoms with Crippen molar-refractivity contribution in [2.45, 2.75) is 52.1 Å². The summed E-state index contributed by atoms with van der Waals surface area (Å²) < 4.78 is 7.38. The molecule has 130 valence electrons. The van der Waals surface area contributed by atoms with Gasteiger partial charge in [-0.25, -0.2) is 4.98 Å². The van der Waals surface area contributed by atoms with E-state index in [2.05, 4.69) is 48.3 Å². The van der Waals surface area contributed by atoms with Crippen LogP contribution in [0, 0.1) is 0 Å². The molecule has 0 spiro atoms. The maximum Gasteiger partial charge on any atom is 0.222 e. The van der Waals surface area contributed by atoms with Crippen LogP contribution in [0.15, 0.2) is 36.9 Å². The minimum atomic E-state index is -0.0597. The number of ether oxygens (including phenoxy) is 1. The van der Waals surface area contributed by atoms with E-state index in [9.17, 15) is 4.79 Å². The zero-order chi connectivity index (χ0) is 17.6. The summed E-state index contributed by atoms with van der Waals surface area (Å²) >= 11 is 0. The second kappa shape index (κ2) is 7.95. The molecule has 24 heavy (non-hydrogen) atoms. The quantitative estimate of drug-likeness (QED) is 0.847. The zero-order valence-corrected chi connectivity index (χ0v) is 14.8. The molecular formula is C18H26N4O2. The van der Waals surface area contributed by atoms with Gasteiger partial charge in [-0.15, -0.1) is 0 Å². The predicted molar refractivity (Wildman–Crippen MR) is 92.9 cm³/mol. The van der Waals surface area contributed by atoms with E-state index in [-0.39, 0.29) is 17.4 Å². The summed E-state index contributed by atoms with van der Waals surface area (Å²) in [6.07, 6.45) is 3.42. The van der Waals surface area contributed by atoms with E-state index < -0.39 is 0 Å². The first kappa shape index (κ1) is 18.0. The number of carbonyl (C=O) groups is 1. The molecule has 0 fully saturated rings. The molecule has 2 rings (SSSR count). The summed E-state index contributed by atoms with van der Waals surface area (Å²) in [5.41, 5.74) is 1.40. The van der Waals surface area contributed by atoms with Gasteiger partial charge in [-0.05, 0) is 30.0 Å². The van der Waals surface area contributed by atoms with E-state index >= 15 is 0 Å². The van der Waals surface area contributed by atoms with Gasteiger partial charge >= 0.3 is 0 Å². The number of hydrogen-bond donors (Lipinski definition) is 1. The van der Waals surface area contributed by atoms with Crippen LogP contribution >= 0.6 is 0 Å². The summed E-state index contributed by atoms with van der Waals surface area (Å²) in [5.74, 6) is 0.788. The minimum absolute atomic E-state index is 0.0234. The van der Waals surface area contributed by atoms with Gasteiger partial charge in [0.25, 0.3) is 0 Å². The van der Waals surface area contributed by atoms with Crippen molar-refractivity contribution in [3.05, 3.63) is 42.5 Å². The third-order valence-electron chi connectivity index (χ3n) is 3.66. The summed E-state index contributed by atoms with van der Waals surface area (Å²) in [7, 11) is 0. The van der Waals surface area contributed by atoms with Crippen molar-refractivity contribution < 1.29 is 9.53 Å². The van der Waals surface area contributed by atoms with Crippen molar-refractivity contribution >= 4 is 5.91 Å². The van der Waals surface area contributed by atoms with Crippen LogP contribution in [0.5, 0.6) is 5.75 Å². The molecule has 0 aliphatic rings. The standard InChI is InChI=1S/C18H26N4O2/c1-14(21-17(23)9-10-22-13-19-12-20-22)11-24-16-7-5-15(6-8-16)18(2,3)4/h5-8,12-14H,9-11H2,1-4H3,(H,21,23)/t14-/m0/s1. The molecule has 0 aliphatic heterocycles. The molecule has 0 saturated heterocycles. The van der Waals surface area contributed by atoms with Gasteiger partial charge in [0, 0.05) is 6.42 Å². The van der Waals surface area contributed by atoms with Gasteiger partial charge in [-0.2, -0.15) is 5.10 Å². The highest BCUT2D eigenvalue weighted by molar-refractivity contribution is 5.76. The highest BCUT2D eigenvalue weighted by Gasteiger charge is 2.13. The Balaban J connectivity index is 1.72. The second-order valence-electron chi connectivity index (χ2n) is 6.96. The van der Waals surface area contributed by atoms with Crippen LogP contribution in [0.4, 0.5) is 0 Å². The molecule has 1 N–H and O–H groups in total. The zero-order valence-electron chi connectivity index (χ0n) is 14.8. The second-order valence-corrected chi connectivity index (χ2v) is 6.96. The normalized spacial score (nSPS) is 12.7. The van der Waals surface area contributed by atoms with Crippen molar-refractivity contribution in [2.75, 3.05) is 6.61 Å². The van der Waals surface area contributed by atoms with Crippen molar-refractivity contribution in [2.24, 2.45) is 0 Å². The number of nitrogens with one attached hydrogen (secondary N) is 1. The lowest BCUT2D eigenvalue weighted by atomic mass is 9.87. The molecule has 0 saturated carbocycles. The third kappa shape index (κ3) is 5.68. The van der Waals surface area contributed by atoms with Crippen LogP contribution in [-0.2, 0) is 16.8 Å². The van der Waals surface area contributed by atoms with Gasteiger partial charge in [0.05, 0.1) is 12.6 Å². The summed E-state index contributed by atoms with van der Waals surface area (Å²) in [6.45, 7) is 9.42. The summed E-state index contributed by atoms with van der Waals surface area (Å²) in [4.78, 5) is 15.7. The first-order valence-electron chi connectivity index (χ1n) is 8.20. The highest BCUT2D eigenvalue weighted by Crippen LogP contribution is 2.24. The van der Waals surface area contributed by atoms with Crippen molar-refractivity contribution in [3.8, 4) is 5.75 Å². The molecule has 1 aromatic heterocycles. The molecule has 0 bridgehead atoms. The van der Waals surface area contributed by atoms with Gasteiger partial charge in [-0.3, -0.25) is 9.48 Å². The number of rotatable bonds is 7. The molecule has 1 heterocycles. The average Bonchev–Trinajstić information content (AvgIpc) is 3.04. The van der Waals surface area contributed by atoms with Crippen molar-refractivity contribution in [1.82, 2.24) is 20.1 Å². The lowest BCUT2D eigenvalue weighted by Crippen LogP contribution is -2.37. The molecule has 6 nitrogen and oxygen atoms in total. The molecule has 0 aliphatic carbocycles. The Hall–Kier alpha value is -2.37. The number of carbonyl (C=O) groups excluding carboxylic acids is 1. The number of aromatic nitrogens is 3. The first-order valence-corrected chi connectivity index (χ1v) is 8.20. The molecule has 1 amide bonds. The molecular weight excluding hydrogens is 304 g/mol. The van der Waals surface area contributed by atoms with Crippen molar-refractivity contribution in [3.63, 3.8) is 0 Å². The van der Waals surface area contributed by atoms with Crippen LogP contribution in [-0.4, -0.2) is 33.3 Å². The molecule has 0 unspecified atom stereocenters.